The minimum atomic E-state index is -0.584. The standard InChI is InChI=1S/C15H9ClFNO2/c16-13-7-11(6-5-10(13)8-18)20-9-15(19)12-3-1-2-4-14(12)17/h1-7H,9H2. The largest absolute Gasteiger partial charge is 0.485 e. The molecule has 0 unspecified atom stereocenters. The predicted octanol–water partition coefficient (Wildman–Crippen LogP) is 3.61. The maximum atomic E-state index is 13.4. The Labute approximate surface area is 120 Å². The Kier molecular flexibility index (Phi) is 4.34. The van der Waals surface area contributed by atoms with Gasteiger partial charge in [0.2, 0.25) is 5.78 Å². The molecule has 2 aromatic rings. The number of nitrogens with zero attached hydrogens (tertiary/aromatic N) is 1. The summed E-state index contributed by atoms with van der Waals surface area (Å²) in [5.74, 6) is -0.707. The Morgan fingerprint density at radius 1 is 1.30 bits per heavy atom. The molecule has 2 rings (SSSR count). The van der Waals surface area contributed by atoms with Crippen molar-refractivity contribution in [1.82, 2.24) is 0 Å². The minimum Gasteiger partial charge on any atom is -0.485 e. The summed E-state index contributed by atoms with van der Waals surface area (Å²) in [5.41, 5.74) is 0.298. The van der Waals surface area contributed by atoms with Gasteiger partial charge >= 0.3 is 0 Å². The van der Waals surface area contributed by atoms with Gasteiger partial charge in [-0.2, -0.15) is 5.26 Å². The first-order chi connectivity index (χ1) is 9.61. The summed E-state index contributed by atoms with van der Waals surface area (Å²) in [6, 6.07) is 12.1. The third kappa shape index (κ3) is 3.14. The van der Waals surface area contributed by atoms with Crippen LogP contribution >= 0.6 is 11.6 Å². The van der Waals surface area contributed by atoms with Crippen molar-refractivity contribution in [1.29, 1.82) is 5.26 Å². The van der Waals surface area contributed by atoms with E-state index in [4.69, 9.17) is 21.6 Å². The summed E-state index contributed by atoms with van der Waals surface area (Å²) in [6.07, 6.45) is 0. The summed E-state index contributed by atoms with van der Waals surface area (Å²) < 4.78 is 18.6. The average molecular weight is 290 g/mol. The zero-order valence-electron chi connectivity index (χ0n) is 10.3. The molecule has 0 atom stereocenters. The molecule has 0 bridgehead atoms. The van der Waals surface area contributed by atoms with Crippen LogP contribution in [0.25, 0.3) is 0 Å². The molecule has 0 N–H and O–H groups in total. The smallest absolute Gasteiger partial charge is 0.203 e. The van der Waals surface area contributed by atoms with Gasteiger partial charge in [-0.3, -0.25) is 4.79 Å². The van der Waals surface area contributed by atoms with Crippen LogP contribution in [0.2, 0.25) is 5.02 Å². The molecule has 0 heterocycles. The summed E-state index contributed by atoms with van der Waals surface area (Å²) >= 11 is 5.84. The fourth-order valence-electron chi connectivity index (χ4n) is 1.59. The molecule has 0 saturated carbocycles. The van der Waals surface area contributed by atoms with Crippen molar-refractivity contribution in [2.75, 3.05) is 6.61 Å². The number of Topliss-reactive ketones (excluding diaryl/α,β-unsaturated/α-hetero) is 1. The molecule has 0 aromatic heterocycles. The first kappa shape index (κ1) is 14.0. The van der Waals surface area contributed by atoms with Gasteiger partial charge in [0.05, 0.1) is 16.1 Å². The number of nitriles is 1. The second-order valence-corrected chi connectivity index (χ2v) is 4.35. The first-order valence-corrected chi connectivity index (χ1v) is 6.10. The maximum Gasteiger partial charge on any atom is 0.203 e. The highest BCUT2D eigenvalue weighted by Crippen LogP contribution is 2.22. The third-order valence-corrected chi connectivity index (χ3v) is 2.92. The Morgan fingerprint density at radius 3 is 2.70 bits per heavy atom. The predicted molar refractivity (Wildman–Crippen MR) is 72.4 cm³/mol. The first-order valence-electron chi connectivity index (χ1n) is 5.72. The van der Waals surface area contributed by atoms with Crippen molar-refractivity contribution < 1.29 is 13.9 Å². The molecule has 0 spiro atoms. The second-order valence-electron chi connectivity index (χ2n) is 3.95. The van der Waals surface area contributed by atoms with Crippen LogP contribution in [0.15, 0.2) is 42.5 Å². The molecule has 3 nitrogen and oxygen atoms in total. The fourth-order valence-corrected chi connectivity index (χ4v) is 1.80. The lowest BCUT2D eigenvalue weighted by molar-refractivity contribution is 0.0917. The number of hydrogen-bond acceptors (Lipinski definition) is 3. The number of carbonyl (C=O) groups excluding carboxylic acids is 1. The van der Waals surface area contributed by atoms with Gasteiger partial charge in [-0.25, -0.2) is 4.39 Å². The number of carbonyl (C=O) groups is 1. The Hall–Kier alpha value is -2.38. The Bertz CT molecular complexity index is 695. The molecule has 0 aliphatic heterocycles. The van der Waals surface area contributed by atoms with E-state index in [1.807, 2.05) is 6.07 Å². The monoisotopic (exact) mass is 289 g/mol. The van der Waals surface area contributed by atoms with E-state index in [0.29, 0.717) is 11.3 Å². The van der Waals surface area contributed by atoms with Crippen molar-refractivity contribution in [3.63, 3.8) is 0 Å². The Balaban J connectivity index is 2.06. The van der Waals surface area contributed by atoms with Crippen molar-refractivity contribution in [3.05, 3.63) is 64.4 Å². The van der Waals surface area contributed by atoms with E-state index in [0.717, 1.165) is 0 Å². The van der Waals surface area contributed by atoms with Gasteiger partial charge in [0, 0.05) is 6.07 Å². The van der Waals surface area contributed by atoms with Crippen molar-refractivity contribution >= 4 is 17.4 Å². The van der Waals surface area contributed by atoms with E-state index in [1.54, 1.807) is 6.07 Å². The Morgan fingerprint density at radius 2 is 2.05 bits per heavy atom. The summed E-state index contributed by atoms with van der Waals surface area (Å²) in [7, 11) is 0. The number of benzene rings is 2. The number of rotatable bonds is 4. The average Bonchev–Trinajstić information content (AvgIpc) is 2.45. The molecule has 2 aromatic carbocycles. The lowest BCUT2D eigenvalue weighted by atomic mass is 10.1. The second kappa shape index (κ2) is 6.18. The molecule has 0 radical (unpaired) electrons. The van der Waals surface area contributed by atoms with E-state index in [9.17, 15) is 9.18 Å². The summed E-state index contributed by atoms with van der Waals surface area (Å²) in [5, 5.41) is 8.97. The molecular formula is C15H9ClFNO2. The van der Waals surface area contributed by atoms with Gasteiger partial charge in [-0.15, -0.1) is 0 Å². The third-order valence-electron chi connectivity index (χ3n) is 2.61. The molecule has 0 aliphatic carbocycles. The maximum absolute atomic E-state index is 13.4. The summed E-state index contributed by atoms with van der Waals surface area (Å²) in [6.45, 7) is -0.302. The quantitative estimate of drug-likeness (QED) is 0.808. The van der Waals surface area contributed by atoms with E-state index in [2.05, 4.69) is 0 Å². The van der Waals surface area contributed by atoms with Crippen LogP contribution in [0.3, 0.4) is 0 Å². The highest BCUT2D eigenvalue weighted by Gasteiger charge is 2.12. The van der Waals surface area contributed by atoms with Crippen LogP contribution in [0.1, 0.15) is 15.9 Å². The SMILES string of the molecule is N#Cc1ccc(OCC(=O)c2ccccc2F)cc1Cl. The molecule has 20 heavy (non-hydrogen) atoms. The van der Waals surface area contributed by atoms with Gasteiger partial charge in [0.25, 0.3) is 0 Å². The zero-order chi connectivity index (χ0) is 14.5. The van der Waals surface area contributed by atoms with Crippen molar-refractivity contribution in [2.45, 2.75) is 0 Å². The van der Waals surface area contributed by atoms with Crippen LogP contribution < -0.4 is 4.74 Å². The number of hydrogen-bond donors (Lipinski definition) is 0. The van der Waals surface area contributed by atoms with Gasteiger partial charge in [0.1, 0.15) is 17.6 Å². The van der Waals surface area contributed by atoms with Gasteiger partial charge in [-0.05, 0) is 24.3 Å². The van der Waals surface area contributed by atoms with E-state index in [1.165, 1.54) is 36.4 Å². The normalized spacial score (nSPS) is 9.85. The molecule has 100 valence electrons. The van der Waals surface area contributed by atoms with Crippen LogP contribution in [-0.2, 0) is 0 Å². The minimum absolute atomic E-state index is 0.0211. The van der Waals surface area contributed by atoms with E-state index >= 15 is 0 Å². The molecule has 0 saturated heterocycles. The molecular weight excluding hydrogens is 281 g/mol. The zero-order valence-corrected chi connectivity index (χ0v) is 11.0. The topological polar surface area (TPSA) is 50.1 Å². The molecule has 0 aliphatic rings. The summed E-state index contributed by atoms with van der Waals surface area (Å²) in [4.78, 5) is 11.8. The highest BCUT2D eigenvalue weighted by atomic mass is 35.5. The molecule has 5 heteroatoms. The van der Waals surface area contributed by atoms with Crippen LogP contribution in [0.4, 0.5) is 4.39 Å². The number of halogens is 2. The van der Waals surface area contributed by atoms with Crippen LogP contribution in [-0.4, -0.2) is 12.4 Å². The van der Waals surface area contributed by atoms with Crippen LogP contribution in [0.5, 0.6) is 5.75 Å². The van der Waals surface area contributed by atoms with E-state index < -0.39 is 11.6 Å². The number of ether oxygens (including phenoxy) is 1. The highest BCUT2D eigenvalue weighted by molar-refractivity contribution is 6.31. The lowest BCUT2D eigenvalue weighted by Gasteiger charge is -2.07. The van der Waals surface area contributed by atoms with Crippen molar-refractivity contribution in [2.24, 2.45) is 0 Å². The number of ketones is 1. The van der Waals surface area contributed by atoms with Crippen molar-refractivity contribution in [3.8, 4) is 11.8 Å². The van der Waals surface area contributed by atoms with Gasteiger partial charge < -0.3 is 4.74 Å². The van der Waals surface area contributed by atoms with Crippen LogP contribution in [0, 0.1) is 17.1 Å². The fraction of sp³-hybridized carbons (Fsp3) is 0.0667. The van der Waals surface area contributed by atoms with Gasteiger partial charge in [-0.1, -0.05) is 23.7 Å². The van der Waals surface area contributed by atoms with E-state index in [-0.39, 0.29) is 17.2 Å². The lowest BCUT2D eigenvalue weighted by Crippen LogP contribution is -2.13. The molecule has 0 fully saturated rings. The van der Waals surface area contributed by atoms with Gasteiger partial charge in [0.15, 0.2) is 6.61 Å². The molecule has 0 amide bonds.